The lowest BCUT2D eigenvalue weighted by molar-refractivity contribution is 0.0907. The fraction of sp³-hybridized carbons (Fsp3) is 0.333. The summed E-state index contributed by atoms with van der Waals surface area (Å²) in [6.07, 6.45) is 1.95. The highest BCUT2D eigenvalue weighted by Crippen LogP contribution is 2.19. The van der Waals surface area contributed by atoms with Gasteiger partial charge in [-0.1, -0.05) is 48.5 Å². The number of nitrogens with one attached hydrogen (secondary N) is 1. The van der Waals surface area contributed by atoms with Gasteiger partial charge in [0.2, 0.25) is 0 Å². The Bertz CT molecular complexity index is 957. The van der Waals surface area contributed by atoms with Crippen LogP contribution in [-0.2, 0) is 6.54 Å². The van der Waals surface area contributed by atoms with Crippen LogP contribution in [0.5, 0.6) is 0 Å². The van der Waals surface area contributed by atoms with Crippen LogP contribution >= 0.6 is 0 Å². The third-order valence-electron chi connectivity index (χ3n) is 5.69. The van der Waals surface area contributed by atoms with Crippen LogP contribution in [0.2, 0.25) is 0 Å². The molecule has 0 atom stereocenters. The van der Waals surface area contributed by atoms with Gasteiger partial charge in [-0.05, 0) is 44.4 Å². The van der Waals surface area contributed by atoms with Crippen LogP contribution in [0.4, 0.5) is 0 Å². The van der Waals surface area contributed by atoms with E-state index in [1.54, 1.807) is 0 Å². The van der Waals surface area contributed by atoms with E-state index in [0.717, 1.165) is 49.6 Å². The molecule has 0 radical (unpaired) electrons. The monoisotopic (exact) mass is 388 g/mol. The number of nitrogens with zero attached hydrogens (tertiary/aromatic N) is 3. The summed E-state index contributed by atoms with van der Waals surface area (Å²) in [5, 5.41) is 7.85. The molecule has 0 saturated carbocycles. The van der Waals surface area contributed by atoms with Gasteiger partial charge in [0.15, 0.2) is 0 Å². The van der Waals surface area contributed by atoms with E-state index < -0.39 is 0 Å². The number of benzene rings is 2. The van der Waals surface area contributed by atoms with Crippen molar-refractivity contribution < 1.29 is 4.79 Å². The third-order valence-corrected chi connectivity index (χ3v) is 5.69. The summed E-state index contributed by atoms with van der Waals surface area (Å²) in [5.74, 6) is -0.0105. The molecule has 0 spiro atoms. The van der Waals surface area contributed by atoms with Gasteiger partial charge >= 0.3 is 0 Å². The van der Waals surface area contributed by atoms with E-state index in [4.69, 9.17) is 0 Å². The number of aromatic nitrogens is 2. The zero-order valence-electron chi connectivity index (χ0n) is 17.1. The molecule has 2 heterocycles. The van der Waals surface area contributed by atoms with E-state index >= 15 is 0 Å². The second-order valence-electron chi connectivity index (χ2n) is 7.80. The molecule has 5 heteroatoms. The van der Waals surface area contributed by atoms with Crippen molar-refractivity contribution in [1.29, 1.82) is 0 Å². The van der Waals surface area contributed by atoms with Crippen LogP contribution in [0.1, 0.15) is 40.2 Å². The minimum absolute atomic E-state index is 0.0105. The molecule has 150 valence electrons. The van der Waals surface area contributed by atoms with Crippen LogP contribution in [-0.4, -0.2) is 39.7 Å². The fourth-order valence-corrected chi connectivity index (χ4v) is 4.13. The van der Waals surface area contributed by atoms with Crippen molar-refractivity contribution in [1.82, 2.24) is 20.0 Å². The van der Waals surface area contributed by atoms with E-state index in [2.05, 4.69) is 45.6 Å². The summed E-state index contributed by atoms with van der Waals surface area (Å²) >= 11 is 0. The SMILES string of the molecule is Cc1nn(-c2ccccc2)c(C)c1C(=O)NC1CCN(Cc2ccccc2)CC1. The highest BCUT2D eigenvalue weighted by molar-refractivity contribution is 5.96. The molecule has 0 unspecified atom stereocenters. The highest BCUT2D eigenvalue weighted by atomic mass is 16.1. The molecule has 1 saturated heterocycles. The first-order valence-corrected chi connectivity index (χ1v) is 10.3. The lowest BCUT2D eigenvalue weighted by Gasteiger charge is -2.32. The maximum Gasteiger partial charge on any atom is 0.255 e. The van der Waals surface area contributed by atoms with Crippen molar-refractivity contribution >= 4 is 5.91 Å². The van der Waals surface area contributed by atoms with E-state index in [9.17, 15) is 4.79 Å². The van der Waals surface area contributed by atoms with Gasteiger partial charge in [0.1, 0.15) is 0 Å². The Morgan fingerprint density at radius 1 is 1.00 bits per heavy atom. The standard InChI is InChI=1S/C24H28N4O/c1-18-23(19(2)28(26-18)22-11-7-4-8-12-22)24(29)25-21-13-15-27(16-14-21)17-20-9-5-3-6-10-20/h3-12,21H,13-17H2,1-2H3,(H,25,29). The minimum atomic E-state index is -0.0105. The van der Waals surface area contributed by atoms with E-state index in [1.807, 2.05) is 48.9 Å². The quantitative estimate of drug-likeness (QED) is 0.722. The first-order valence-electron chi connectivity index (χ1n) is 10.3. The number of para-hydroxylation sites is 1. The van der Waals surface area contributed by atoms with Gasteiger partial charge in [0.25, 0.3) is 5.91 Å². The van der Waals surface area contributed by atoms with Crippen LogP contribution in [0.15, 0.2) is 60.7 Å². The van der Waals surface area contributed by atoms with Crippen LogP contribution in [0, 0.1) is 13.8 Å². The maximum atomic E-state index is 13.0. The lowest BCUT2D eigenvalue weighted by atomic mass is 10.0. The molecule has 1 aliphatic heterocycles. The van der Waals surface area contributed by atoms with Crippen molar-refractivity contribution in [3.63, 3.8) is 0 Å². The minimum Gasteiger partial charge on any atom is -0.349 e. The van der Waals surface area contributed by atoms with Gasteiger partial charge in [-0.15, -0.1) is 0 Å². The Morgan fingerprint density at radius 2 is 1.62 bits per heavy atom. The summed E-state index contributed by atoms with van der Waals surface area (Å²) in [4.78, 5) is 15.5. The number of amides is 1. The number of piperidine rings is 1. The average Bonchev–Trinajstić information content (AvgIpc) is 3.05. The summed E-state index contributed by atoms with van der Waals surface area (Å²) in [6.45, 7) is 6.85. The Kier molecular flexibility index (Phi) is 5.76. The molecule has 5 nitrogen and oxygen atoms in total. The normalized spacial score (nSPS) is 15.4. The summed E-state index contributed by atoms with van der Waals surface area (Å²) < 4.78 is 1.85. The second-order valence-corrected chi connectivity index (χ2v) is 7.80. The molecule has 2 aromatic carbocycles. The largest absolute Gasteiger partial charge is 0.349 e. The van der Waals surface area contributed by atoms with E-state index in [0.29, 0.717) is 5.56 Å². The average molecular weight is 389 g/mol. The zero-order chi connectivity index (χ0) is 20.2. The number of likely N-dealkylation sites (tertiary alicyclic amines) is 1. The smallest absolute Gasteiger partial charge is 0.255 e. The van der Waals surface area contributed by atoms with Crippen LogP contribution in [0.25, 0.3) is 5.69 Å². The summed E-state index contributed by atoms with van der Waals surface area (Å²) in [5.41, 5.74) is 4.66. The number of hydrogen-bond donors (Lipinski definition) is 1. The molecule has 3 aromatic rings. The topological polar surface area (TPSA) is 50.2 Å². The fourth-order valence-electron chi connectivity index (χ4n) is 4.13. The molecule has 1 aliphatic rings. The Hall–Kier alpha value is -2.92. The van der Waals surface area contributed by atoms with Gasteiger partial charge in [-0.25, -0.2) is 4.68 Å². The predicted octanol–water partition coefficient (Wildman–Crippen LogP) is 3.88. The molecule has 1 aromatic heterocycles. The molecule has 1 amide bonds. The molecule has 0 bridgehead atoms. The number of carbonyl (C=O) groups is 1. The first-order chi connectivity index (χ1) is 14.1. The van der Waals surface area contributed by atoms with Crippen molar-refractivity contribution in [2.24, 2.45) is 0 Å². The molecular formula is C24H28N4O. The maximum absolute atomic E-state index is 13.0. The molecule has 1 fully saturated rings. The molecule has 29 heavy (non-hydrogen) atoms. The van der Waals surface area contributed by atoms with Crippen molar-refractivity contribution in [3.05, 3.63) is 83.2 Å². The van der Waals surface area contributed by atoms with E-state index in [-0.39, 0.29) is 11.9 Å². The van der Waals surface area contributed by atoms with Crippen LogP contribution in [0.3, 0.4) is 0 Å². The second kappa shape index (κ2) is 8.62. The molecule has 1 N–H and O–H groups in total. The number of aryl methyl sites for hydroxylation is 1. The Labute approximate surface area is 172 Å². The van der Waals surface area contributed by atoms with Gasteiger partial charge in [-0.2, -0.15) is 5.10 Å². The first kappa shape index (κ1) is 19.4. The number of rotatable bonds is 5. The Morgan fingerprint density at radius 3 is 2.28 bits per heavy atom. The third kappa shape index (κ3) is 4.40. The predicted molar refractivity (Wildman–Crippen MR) is 115 cm³/mol. The van der Waals surface area contributed by atoms with E-state index in [1.165, 1.54) is 5.56 Å². The summed E-state index contributed by atoms with van der Waals surface area (Å²) in [6, 6.07) is 20.7. The number of hydrogen-bond acceptors (Lipinski definition) is 3. The van der Waals surface area contributed by atoms with Crippen LogP contribution < -0.4 is 5.32 Å². The van der Waals surface area contributed by atoms with Gasteiger partial charge in [0.05, 0.1) is 22.6 Å². The molecule has 4 rings (SSSR count). The van der Waals surface area contributed by atoms with Crippen molar-refractivity contribution in [2.75, 3.05) is 13.1 Å². The molecular weight excluding hydrogens is 360 g/mol. The number of carbonyl (C=O) groups excluding carboxylic acids is 1. The van der Waals surface area contributed by atoms with Gasteiger partial charge in [0, 0.05) is 25.7 Å². The molecule has 0 aliphatic carbocycles. The van der Waals surface area contributed by atoms with Crippen molar-refractivity contribution in [3.8, 4) is 5.69 Å². The van der Waals surface area contributed by atoms with Gasteiger partial charge in [-0.3, -0.25) is 9.69 Å². The lowest BCUT2D eigenvalue weighted by Crippen LogP contribution is -2.44. The van der Waals surface area contributed by atoms with Crippen molar-refractivity contribution in [2.45, 2.75) is 39.3 Å². The van der Waals surface area contributed by atoms with Gasteiger partial charge < -0.3 is 5.32 Å². The highest BCUT2D eigenvalue weighted by Gasteiger charge is 2.24. The Balaban J connectivity index is 1.37. The summed E-state index contributed by atoms with van der Waals surface area (Å²) in [7, 11) is 0. The zero-order valence-corrected chi connectivity index (χ0v) is 17.1.